The highest BCUT2D eigenvalue weighted by Gasteiger charge is 2.29. The molecule has 3 rings (SSSR count). The molecule has 0 aliphatic carbocycles. The Bertz CT molecular complexity index is 647. The van der Waals surface area contributed by atoms with Crippen LogP contribution in [-0.2, 0) is 4.79 Å². The van der Waals surface area contributed by atoms with Gasteiger partial charge in [0, 0.05) is 43.9 Å². The summed E-state index contributed by atoms with van der Waals surface area (Å²) in [7, 11) is 0. The van der Waals surface area contributed by atoms with Crippen molar-refractivity contribution in [1.29, 1.82) is 0 Å². The molecule has 2 aliphatic heterocycles. The van der Waals surface area contributed by atoms with E-state index in [0.29, 0.717) is 31.7 Å². The highest BCUT2D eigenvalue weighted by atomic mass is 16.6. The first-order valence-corrected chi connectivity index (χ1v) is 8.62. The van der Waals surface area contributed by atoms with Crippen LogP contribution >= 0.6 is 0 Å². The third-order valence-corrected chi connectivity index (χ3v) is 4.81. The Morgan fingerprint density at radius 1 is 1.04 bits per heavy atom. The molecule has 2 aliphatic rings. The fourth-order valence-electron chi connectivity index (χ4n) is 3.32. The van der Waals surface area contributed by atoms with E-state index >= 15 is 0 Å². The van der Waals surface area contributed by atoms with Crippen LogP contribution in [0.3, 0.4) is 0 Å². The zero-order valence-corrected chi connectivity index (χ0v) is 14.0. The Morgan fingerprint density at radius 3 is 2.24 bits per heavy atom. The minimum absolute atomic E-state index is 0.0352. The van der Waals surface area contributed by atoms with Gasteiger partial charge in [-0.1, -0.05) is 6.42 Å². The summed E-state index contributed by atoms with van der Waals surface area (Å²) in [6, 6.07) is 5.53. The van der Waals surface area contributed by atoms with Crippen LogP contribution in [0, 0.1) is 10.1 Å². The van der Waals surface area contributed by atoms with Gasteiger partial charge in [0.25, 0.3) is 11.6 Å². The SMILES string of the molecule is O=C(c1ccc([N+](=O)[O-])cc1)N1CCN(C(=O)C2CCCCN2)CC1. The Balaban J connectivity index is 1.55. The van der Waals surface area contributed by atoms with E-state index in [0.717, 1.165) is 25.8 Å². The lowest BCUT2D eigenvalue weighted by Gasteiger charge is -2.37. The summed E-state index contributed by atoms with van der Waals surface area (Å²) in [5.74, 6) is -0.0278. The third kappa shape index (κ3) is 3.96. The van der Waals surface area contributed by atoms with Gasteiger partial charge in [0.1, 0.15) is 0 Å². The number of non-ortho nitro benzene ring substituents is 1. The monoisotopic (exact) mass is 346 g/mol. The first kappa shape index (κ1) is 17.3. The summed E-state index contributed by atoms with van der Waals surface area (Å²) in [6.07, 6.45) is 3.06. The second-order valence-corrected chi connectivity index (χ2v) is 6.42. The van der Waals surface area contributed by atoms with Crippen molar-refractivity contribution in [2.75, 3.05) is 32.7 Å². The Labute approximate surface area is 145 Å². The molecular weight excluding hydrogens is 324 g/mol. The van der Waals surface area contributed by atoms with Crippen LogP contribution in [-0.4, -0.2) is 65.3 Å². The first-order chi connectivity index (χ1) is 12.1. The molecule has 2 saturated heterocycles. The Morgan fingerprint density at radius 2 is 1.68 bits per heavy atom. The van der Waals surface area contributed by atoms with Crippen molar-refractivity contribution < 1.29 is 14.5 Å². The van der Waals surface area contributed by atoms with Crippen molar-refractivity contribution in [3.63, 3.8) is 0 Å². The largest absolute Gasteiger partial charge is 0.338 e. The van der Waals surface area contributed by atoms with Gasteiger partial charge < -0.3 is 15.1 Å². The number of nitro benzene ring substituents is 1. The van der Waals surface area contributed by atoms with Crippen LogP contribution in [0.1, 0.15) is 29.6 Å². The van der Waals surface area contributed by atoms with Gasteiger partial charge in [-0.05, 0) is 31.5 Å². The number of benzene rings is 1. The van der Waals surface area contributed by atoms with Gasteiger partial charge in [0.2, 0.25) is 5.91 Å². The van der Waals surface area contributed by atoms with E-state index in [4.69, 9.17) is 0 Å². The average Bonchev–Trinajstić information content (AvgIpc) is 2.67. The Hall–Kier alpha value is -2.48. The number of piperazine rings is 1. The number of nitrogens with one attached hydrogen (secondary N) is 1. The van der Waals surface area contributed by atoms with E-state index in [2.05, 4.69) is 5.32 Å². The molecule has 0 spiro atoms. The van der Waals surface area contributed by atoms with Crippen molar-refractivity contribution in [2.45, 2.75) is 25.3 Å². The maximum Gasteiger partial charge on any atom is 0.269 e. The minimum Gasteiger partial charge on any atom is -0.338 e. The van der Waals surface area contributed by atoms with Crippen molar-refractivity contribution in [1.82, 2.24) is 15.1 Å². The first-order valence-electron chi connectivity index (χ1n) is 8.62. The molecule has 1 atom stereocenters. The highest BCUT2D eigenvalue weighted by Crippen LogP contribution is 2.16. The van der Waals surface area contributed by atoms with E-state index in [1.165, 1.54) is 24.3 Å². The molecule has 2 amide bonds. The quantitative estimate of drug-likeness (QED) is 0.651. The molecule has 2 heterocycles. The van der Waals surface area contributed by atoms with E-state index in [1.54, 1.807) is 4.90 Å². The van der Waals surface area contributed by atoms with Gasteiger partial charge in [-0.25, -0.2) is 0 Å². The molecule has 1 aromatic carbocycles. The maximum absolute atomic E-state index is 12.5. The second kappa shape index (κ2) is 7.60. The number of piperidine rings is 1. The van der Waals surface area contributed by atoms with Crippen LogP contribution in [0.4, 0.5) is 5.69 Å². The Kier molecular flexibility index (Phi) is 5.28. The van der Waals surface area contributed by atoms with Crippen LogP contribution < -0.4 is 5.32 Å². The van der Waals surface area contributed by atoms with E-state index < -0.39 is 4.92 Å². The number of hydrogen-bond donors (Lipinski definition) is 1. The molecule has 8 nitrogen and oxygen atoms in total. The second-order valence-electron chi connectivity index (χ2n) is 6.42. The van der Waals surface area contributed by atoms with E-state index in [9.17, 15) is 19.7 Å². The zero-order valence-electron chi connectivity index (χ0n) is 14.0. The zero-order chi connectivity index (χ0) is 17.8. The number of rotatable bonds is 3. The normalized spacial score (nSPS) is 21.0. The number of carbonyl (C=O) groups is 2. The number of nitrogens with zero attached hydrogens (tertiary/aromatic N) is 3. The molecule has 1 unspecified atom stereocenters. The molecular formula is C17H22N4O4. The van der Waals surface area contributed by atoms with Gasteiger partial charge in [-0.2, -0.15) is 0 Å². The average molecular weight is 346 g/mol. The molecule has 0 aromatic heterocycles. The fourth-order valence-corrected chi connectivity index (χ4v) is 3.32. The molecule has 25 heavy (non-hydrogen) atoms. The number of carbonyl (C=O) groups excluding carboxylic acids is 2. The molecule has 0 saturated carbocycles. The van der Waals surface area contributed by atoms with Crippen LogP contribution in [0.15, 0.2) is 24.3 Å². The van der Waals surface area contributed by atoms with Gasteiger partial charge in [-0.15, -0.1) is 0 Å². The molecule has 0 radical (unpaired) electrons. The number of amides is 2. The lowest BCUT2D eigenvalue weighted by Crippen LogP contribution is -2.55. The van der Waals surface area contributed by atoms with Gasteiger partial charge in [0.05, 0.1) is 11.0 Å². The number of nitro groups is 1. The standard InChI is InChI=1S/C17H22N4O4/c22-16(13-4-6-14(7-5-13)21(24)25)19-9-11-20(12-10-19)17(23)15-3-1-2-8-18-15/h4-7,15,18H,1-3,8-12H2. The fraction of sp³-hybridized carbons (Fsp3) is 0.529. The van der Waals surface area contributed by atoms with Crippen LogP contribution in [0.25, 0.3) is 0 Å². The minimum atomic E-state index is -0.488. The predicted octanol–water partition coefficient (Wildman–Crippen LogP) is 1.02. The molecule has 2 fully saturated rings. The lowest BCUT2D eigenvalue weighted by molar-refractivity contribution is -0.384. The summed E-state index contributed by atoms with van der Waals surface area (Å²) >= 11 is 0. The summed E-state index contributed by atoms with van der Waals surface area (Å²) in [5, 5.41) is 13.9. The van der Waals surface area contributed by atoms with Crippen molar-refractivity contribution in [2.24, 2.45) is 0 Å². The lowest BCUT2D eigenvalue weighted by atomic mass is 10.0. The smallest absolute Gasteiger partial charge is 0.269 e. The highest BCUT2D eigenvalue weighted by molar-refractivity contribution is 5.94. The van der Waals surface area contributed by atoms with Crippen LogP contribution in [0.2, 0.25) is 0 Å². The van der Waals surface area contributed by atoms with Gasteiger partial charge in [0.15, 0.2) is 0 Å². The topological polar surface area (TPSA) is 95.8 Å². The molecule has 134 valence electrons. The summed E-state index contributed by atoms with van der Waals surface area (Å²) in [5.41, 5.74) is 0.395. The van der Waals surface area contributed by atoms with Crippen molar-refractivity contribution in [3.8, 4) is 0 Å². The van der Waals surface area contributed by atoms with E-state index in [1.807, 2.05) is 4.90 Å². The summed E-state index contributed by atoms with van der Waals surface area (Å²) in [6.45, 7) is 2.89. The van der Waals surface area contributed by atoms with Gasteiger partial charge >= 0.3 is 0 Å². The summed E-state index contributed by atoms with van der Waals surface area (Å²) < 4.78 is 0. The summed E-state index contributed by atoms with van der Waals surface area (Å²) in [4.78, 5) is 38.7. The maximum atomic E-state index is 12.5. The predicted molar refractivity (Wildman–Crippen MR) is 91.2 cm³/mol. The van der Waals surface area contributed by atoms with Crippen molar-refractivity contribution >= 4 is 17.5 Å². The molecule has 1 N–H and O–H groups in total. The number of hydrogen-bond acceptors (Lipinski definition) is 5. The molecule has 1 aromatic rings. The van der Waals surface area contributed by atoms with Crippen molar-refractivity contribution in [3.05, 3.63) is 39.9 Å². The van der Waals surface area contributed by atoms with Gasteiger partial charge in [-0.3, -0.25) is 19.7 Å². The van der Waals surface area contributed by atoms with E-state index in [-0.39, 0.29) is 23.5 Å². The third-order valence-electron chi connectivity index (χ3n) is 4.81. The molecule has 0 bridgehead atoms. The van der Waals surface area contributed by atoms with Crippen LogP contribution in [0.5, 0.6) is 0 Å². The molecule has 8 heteroatoms.